The first-order valence-corrected chi connectivity index (χ1v) is 9.05. The number of nitrogens with zero attached hydrogens (tertiary/aromatic N) is 1. The molecule has 0 aliphatic carbocycles. The van der Waals surface area contributed by atoms with Crippen molar-refractivity contribution >= 4 is 42.2 Å². The fraction of sp³-hybridized carbons (Fsp3) is 0.667. The molecular weight excluding hydrogens is 378 g/mol. The Morgan fingerprint density at radius 1 is 1.26 bits per heavy atom. The summed E-state index contributed by atoms with van der Waals surface area (Å²) < 4.78 is 0. The van der Waals surface area contributed by atoms with Crippen molar-refractivity contribution in [2.24, 2.45) is 11.5 Å². The summed E-state index contributed by atoms with van der Waals surface area (Å²) in [6, 6.07) is -2.98. The van der Waals surface area contributed by atoms with Gasteiger partial charge in [-0.3, -0.25) is 19.2 Å². The van der Waals surface area contributed by atoms with Crippen LogP contribution in [0.25, 0.3) is 0 Å². The molecule has 1 aliphatic heterocycles. The molecule has 1 aliphatic rings. The second kappa shape index (κ2) is 10.7. The van der Waals surface area contributed by atoms with E-state index < -0.39 is 54.3 Å². The van der Waals surface area contributed by atoms with E-state index in [-0.39, 0.29) is 25.1 Å². The third kappa shape index (κ3) is 7.06. The number of hydrogen-bond donors (Lipinski definition) is 6. The number of hydrogen-bond acceptors (Lipinski definition) is 7. The van der Waals surface area contributed by atoms with Crippen LogP contribution in [0.4, 0.5) is 0 Å². The van der Waals surface area contributed by atoms with Crippen molar-refractivity contribution in [2.75, 3.05) is 18.8 Å². The number of carboxylic acids is 1. The minimum Gasteiger partial charge on any atom is -0.480 e. The summed E-state index contributed by atoms with van der Waals surface area (Å²) in [6.07, 6.45) is 0.595. The van der Waals surface area contributed by atoms with Gasteiger partial charge in [-0.05, 0) is 19.3 Å². The van der Waals surface area contributed by atoms with Gasteiger partial charge >= 0.3 is 5.97 Å². The molecule has 3 atom stereocenters. The van der Waals surface area contributed by atoms with Gasteiger partial charge < -0.3 is 32.1 Å². The van der Waals surface area contributed by atoms with Gasteiger partial charge in [0.05, 0.1) is 12.6 Å². The lowest BCUT2D eigenvalue weighted by Gasteiger charge is -2.27. The standard InChI is InChI=1S/C15H25N5O6S/c16-8(7-27)13(23)18-6-12(22)19-9(3-4-11(17)21)14(24)20-5-1-2-10(20)15(25)26/h8-10,27H,1-7,16H2,(H2,17,21)(H,18,23)(H,19,22)(H,25,26). The summed E-state index contributed by atoms with van der Waals surface area (Å²) in [5.41, 5.74) is 10.6. The van der Waals surface area contributed by atoms with Crippen LogP contribution in [0, 0.1) is 0 Å². The van der Waals surface area contributed by atoms with E-state index in [9.17, 15) is 29.1 Å². The SMILES string of the molecule is NC(=O)CCC(NC(=O)CNC(=O)C(N)CS)C(=O)N1CCCC1C(=O)O. The zero-order valence-corrected chi connectivity index (χ0v) is 15.6. The fourth-order valence-electron chi connectivity index (χ4n) is 2.66. The van der Waals surface area contributed by atoms with Crippen LogP contribution in [-0.2, 0) is 24.0 Å². The Morgan fingerprint density at radius 2 is 1.93 bits per heavy atom. The van der Waals surface area contributed by atoms with E-state index in [0.717, 1.165) is 0 Å². The van der Waals surface area contributed by atoms with Crippen molar-refractivity contribution < 1.29 is 29.1 Å². The Bertz CT molecular complexity index is 601. The molecule has 1 fully saturated rings. The minimum absolute atomic E-state index is 0.0765. The van der Waals surface area contributed by atoms with Crippen LogP contribution < -0.4 is 22.1 Å². The van der Waals surface area contributed by atoms with Gasteiger partial charge in [-0.25, -0.2) is 4.79 Å². The van der Waals surface area contributed by atoms with Crippen LogP contribution in [0.5, 0.6) is 0 Å². The van der Waals surface area contributed by atoms with Crippen LogP contribution in [0.3, 0.4) is 0 Å². The molecule has 3 unspecified atom stereocenters. The Labute approximate surface area is 161 Å². The summed E-state index contributed by atoms with van der Waals surface area (Å²) in [5.74, 6) is -3.55. The topological polar surface area (TPSA) is 185 Å². The first-order valence-electron chi connectivity index (χ1n) is 8.42. The molecule has 1 rings (SSSR count). The minimum atomic E-state index is -1.13. The number of thiol groups is 1. The number of likely N-dealkylation sites (tertiary alicyclic amines) is 1. The molecule has 0 aromatic carbocycles. The van der Waals surface area contributed by atoms with E-state index in [2.05, 4.69) is 23.3 Å². The molecule has 11 nitrogen and oxygen atoms in total. The first-order chi connectivity index (χ1) is 12.7. The third-order valence-electron chi connectivity index (χ3n) is 4.09. The zero-order chi connectivity index (χ0) is 20.6. The average molecular weight is 403 g/mol. The maximum atomic E-state index is 12.7. The normalized spacial score (nSPS) is 18.4. The van der Waals surface area contributed by atoms with Gasteiger partial charge in [0.2, 0.25) is 23.6 Å². The van der Waals surface area contributed by atoms with Gasteiger partial charge in [-0.1, -0.05) is 0 Å². The molecule has 7 N–H and O–H groups in total. The summed E-state index contributed by atoms with van der Waals surface area (Å²) in [5, 5.41) is 13.9. The largest absolute Gasteiger partial charge is 0.480 e. The number of aliphatic carboxylic acids is 1. The number of nitrogens with one attached hydrogen (secondary N) is 2. The van der Waals surface area contributed by atoms with Crippen LogP contribution in [-0.4, -0.2) is 76.6 Å². The highest BCUT2D eigenvalue weighted by Gasteiger charge is 2.37. The summed E-state index contributed by atoms with van der Waals surface area (Å²) in [6.45, 7) is -0.185. The van der Waals surface area contributed by atoms with Gasteiger partial charge in [-0.2, -0.15) is 12.6 Å². The molecule has 152 valence electrons. The molecule has 0 bridgehead atoms. The highest BCUT2D eigenvalue weighted by molar-refractivity contribution is 7.80. The second-order valence-corrected chi connectivity index (χ2v) is 6.53. The van der Waals surface area contributed by atoms with Crippen LogP contribution in [0.15, 0.2) is 0 Å². The first kappa shape index (κ1) is 22.7. The molecule has 0 spiro atoms. The summed E-state index contributed by atoms with van der Waals surface area (Å²) in [7, 11) is 0. The van der Waals surface area contributed by atoms with Crippen molar-refractivity contribution in [3.05, 3.63) is 0 Å². The van der Waals surface area contributed by atoms with Crippen LogP contribution in [0.1, 0.15) is 25.7 Å². The predicted octanol–water partition coefficient (Wildman–Crippen LogP) is -2.81. The molecule has 1 saturated heterocycles. The highest BCUT2D eigenvalue weighted by Crippen LogP contribution is 2.19. The molecule has 27 heavy (non-hydrogen) atoms. The third-order valence-corrected chi connectivity index (χ3v) is 4.48. The Balaban J connectivity index is 2.74. The number of rotatable bonds is 10. The molecule has 12 heteroatoms. The van der Waals surface area contributed by atoms with Gasteiger partial charge in [0.1, 0.15) is 12.1 Å². The second-order valence-electron chi connectivity index (χ2n) is 6.16. The molecule has 0 aromatic rings. The van der Waals surface area contributed by atoms with Crippen LogP contribution >= 0.6 is 12.6 Å². The van der Waals surface area contributed by atoms with E-state index in [1.165, 1.54) is 4.90 Å². The number of primary amides is 1. The monoisotopic (exact) mass is 403 g/mol. The molecule has 0 saturated carbocycles. The smallest absolute Gasteiger partial charge is 0.326 e. The number of amides is 4. The average Bonchev–Trinajstić information content (AvgIpc) is 3.11. The Morgan fingerprint density at radius 3 is 2.48 bits per heavy atom. The number of carbonyl (C=O) groups excluding carboxylic acids is 4. The van der Waals surface area contributed by atoms with Crippen molar-refractivity contribution in [3.8, 4) is 0 Å². The molecule has 0 radical (unpaired) electrons. The molecule has 0 aromatic heterocycles. The molecular formula is C15H25N5O6S. The fourth-order valence-corrected chi connectivity index (χ4v) is 2.82. The molecule has 4 amide bonds. The van der Waals surface area contributed by atoms with Gasteiger partial charge in [0, 0.05) is 18.7 Å². The predicted molar refractivity (Wildman–Crippen MR) is 97.6 cm³/mol. The summed E-state index contributed by atoms with van der Waals surface area (Å²) >= 11 is 3.88. The maximum Gasteiger partial charge on any atom is 0.326 e. The number of carboxylic acid groups (broad SMARTS) is 1. The van der Waals surface area contributed by atoms with Crippen molar-refractivity contribution in [2.45, 2.75) is 43.8 Å². The van der Waals surface area contributed by atoms with Crippen molar-refractivity contribution in [1.82, 2.24) is 15.5 Å². The summed E-state index contributed by atoms with van der Waals surface area (Å²) in [4.78, 5) is 59.8. The number of carbonyl (C=O) groups is 5. The Kier molecular flexibility index (Phi) is 9.02. The van der Waals surface area contributed by atoms with Gasteiger partial charge in [0.25, 0.3) is 0 Å². The quantitative estimate of drug-likeness (QED) is 0.212. The lowest BCUT2D eigenvalue weighted by Crippen LogP contribution is -2.54. The molecule has 1 heterocycles. The zero-order valence-electron chi connectivity index (χ0n) is 14.7. The van der Waals surface area contributed by atoms with Crippen molar-refractivity contribution in [3.63, 3.8) is 0 Å². The van der Waals surface area contributed by atoms with E-state index in [0.29, 0.717) is 12.8 Å². The van der Waals surface area contributed by atoms with E-state index in [1.54, 1.807) is 0 Å². The lowest BCUT2D eigenvalue weighted by atomic mass is 10.1. The van der Waals surface area contributed by atoms with E-state index >= 15 is 0 Å². The van der Waals surface area contributed by atoms with Crippen LogP contribution in [0.2, 0.25) is 0 Å². The number of nitrogens with two attached hydrogens (primary N) is 2. The highest BCUT2D eigenvalue weighted by atomic mass is 32.1. The van der Waals surface area contributed by atoms with Gasteiger partial charge in [0.15, 0.2) is 0 Å². The lowest BCUT2D eigenvalue weighted by molar-refractivity contribution is -0.149. The maximum absolute atomic E-state index is 12.7. The Hall–Kier alpha value is -2.34. The van der Waals surface area contributed by atoms with E-state index in [1.807, 2.05) is 0 Å². The van der Waals surface area contributed by atoms with Crippen molar-refractivity contribution in [1.29, 1.82) is 0 Å². The van der Waals surface area contributed by atoms with E-state index in [4.69, 9.17) is 11.5 Å². The van der Waals surface area contributed by atoms with Gasteiger partial charge in [-0.15, -0.1) is 0 Å².